The predicted molar refractivity (Wildman–Crippen MR) is 114 cm³/mol. The number of anilines is 1. The standard InChI is InChI=1S/C20H19Cl3N2O4/c1-11(2)17(25-19(27)12-6-4-3-5-7-12)20(28)29-10-16(26)24-18-14(22)8-13(21)9-15(18)23/h3-9,11,17H,10H2,1-2H3,(H,24,26)(H,25,27). The molecule has 0 fully saturated rings. The van der Waals surface area contributed by atoms with Gasteiger partial charge in [0.25, 0.3) is 11.8 Å². The summed E-state index contributed by atoms with van der Waals surface area (Å²) in [6.07, 6.45) is 0. The molecule has 0 aliphatic heterocycles. The lowest BCUT2D eigenvalue weighted by atomic mass is 10.0. The lowest BCUT2D eigenvalue weighted by Gasteiger charge is -2.21. The number of carbonyl (C=O) groups is 3. The fourth-order valence-electron chi connectivity index (χ4n) is 2.38. The van der Waals surface area contributed by atoms with Crippen molar-refractivity contribution >= 4 is 58.3 Å². The van der Waals surface area contributed by atoms with E-state index in [1.54, 1.807) is 44.2 Å². The molecule has 0 radical (unpaired) electrons. The number of ether oxygens (including phenoxy) is 1. The Morgan fingerprint density at radius 3 is 2.14 bits per heavy atom. The van der Waals surface area contributed by atoms with Crippen molar-refractivity contribution < 1.29 is 19.1 Å². The van der Waals surface area contributed by atoms with Crippen LogP contribution < -0.4 is 10.6 Å². The molecule has 154 valence electrons. The van der Waals surface area contributed by atoms with Gasteiger partial charge in [0.2, 0.25) is 0 Å². The maximum Gasteiger partial charge on any atom is 0.329 e. The van der Waals surface area contributed by atoms with Gasteiger partial charge >= 0.3 is 5.97 Å². The van der Waals surface area contributed by atoms with E-state index in [4.69, 9.17) is 39.5 Å². The van der Waals surface area contributed by atoms with Crippen LogP contribution >= 0.6 is 34.8 Å². The molecule has 0 aliphatic carbocycles. The van der Waals surface area contributed by atoms with Crippen molar-refractivity contribution in [2.75, 3.05) is 11.9 Å². The molecule has 0 saturated carbocycles. The Balaban J connectivity index is 1.96. The van der Waals surface area contributed by atoms with Crippen LogP contribution in [0.4, 0.5) is 5.69 Å². The van der Waals surface area contributed by atoms with Crippen LogP contribution in [0.25, 0.3) is 0 Å². The van der Waals surface area contributed by atoms with E-state index in [2.05, 4.69) is 10.6 Å². The zero-order valence-corrected chi connectivity index (χ0v) is 17.9. The van der Waals surface area contributed by atoms with Crippen LogP contribution in [0.5, 0.6) is 0 Å². The predicted octanol–water partition coefficient (Wildman–Crippen LogP) is 4.58. The van der Waals surface area contributed by atoms with Crippen molar-refractivity contribution in [1.29, 1.82) is 0 Å². The Kier molecular flexibility index (Phi) is 8.32. The molecule has 2 rings (SSSR count). The third-order valence-electron chi connectivity index (χ3n) is 3.86. The maximum absolute atomic E-state index is 12.4. The normalized spacial score (nSPS) is 11.7. The molecule has 9 heteroatoms. The van der Waals surface area contributed by atoms with E-state index in [9.17, 15) is 14.4 Å². The molecule has 0 aromatic heterocycles. The average molecular weight is 458 g/mol. The lowest BCUT2D eigenvalue weighted by Crippen LogP contribution is -2.45. The second-order valence-electron chi connectivity index (χ2n) is 6.46. The summed E-state index contributed by atoms with van der Waals surface area (Å²) >= 11 is 17.8. The molecule has 0 heterocycles. The quantitative estimate of drug-likeness (QED) is 0.596. The highest BCUT2D eigenvalue weighted by molar-refractivity contribution is 6.42. The number of carbonyl (C=O) groups excluding carboxylic acids is 3. The Bertz CT molecular complexity index is 881. The van der Waals surface area contributed by atoms with Gasteiger partial charge in [0.05, 0.1) is 15.7 Å². The van der Waals surface area contributed by atoms with Gasteiger partial charge in [-0.2, -0.15) is 0 Å². The van der Waals surface area contributed by atoms with Crippen LogP contribution in [0.1, 0.15) is 24.2 Å². The van der Waals surface area contributed by atoms with Crippen molar-refractivity contribution in [1.82, 2.24) is 5.32 Å². The Labute approximate surface area is 183 Å². The third kappa shape index (κ3) is 6.63. The molecule has 0 bridgehead atoms. The molecule has 2 aromatic carbocycles. The first-order valence-corrected chi connectivity index (χ1v) is 9.79. The average Bonchev–Trinajstić information content (AvgIpc) is 2.67. The summed E-state index contributed by atoms with van der Waals surface area (Å²) in [7, 11) is 0. The molecule has 29 heavy (non-hydrogen) atoms. The summed E-state index contributed by atoms with van der Waals surface area (Å²) in [5.74, 6) is -2.03. The molecule has 2 amide bonds. The number of esters is 1. The van der Waals surface area contributed by atoms with Crippen LogP contribution in [-0.4, -0.2) is 30.4 Å². The highest BCUT2D eigenvalue weighted by Gasteiger charge is 2.27. The van der Waals surface area contributed by atoms with Crippen molar-refractivity contribution in [2.45, 2.75) is 19.9 Å². The third-order valence-corrected chi connectivity index (χ3v) is 4.67. The van der Waals surface area contributed by atoms with Gasteiger partial charge in [-0.15, -0.1) is 0 Å². The van der Waals surface area contributed by atoms with Crippen molar-refractivity contribution in [3.63, 3.8) is 0 Å². The number of halogens is 3. The number of rotatable bonds is 7. The Hall–Kier alpha value is -2.28. The summed E-state index contributed by atoms with van der Waals surface area (Å²) in [6, 6.07) is 10.4. The molecular weight excluding hydrogens is 439 g/mol. The first-order chi connectivity index (χ1) is 13.7. The minimum absolute atomic E-state index is 0.150. The fraction of sp³-hybridized carbons (Fsp3) is 0.250. The van der Waals surface area contributed by atoms with Crippen molar-refractivity contribution in [3.05, 3.63) is 63.1 Å². The second-order valence-corrected chi connectivity index (χ2v) is 7.71. The van der Waals surface area contributed by atoms with E-state index in [0.29, 0.717) is 10.6 Å². The van der Waals surface area contributed by atoms with Crippen LogP contribution in [-0.2, 0) is 14.3 Å². The van der Waals surface area contributed by atoms with Gasteiger partial charge in [-0.05, 0) is 30.2 Å². The zero-order chi connectivity index (χ0) is 21.6. The maximum atomic E-state index is 12.4. The molecule has 2 N–H and O–H groups in total. The smallest absolute Gasteiger partial charge is 0.329 e. The first-order valence-electron chi connectivity index (χ1n) is 8.66. The topological polar surface area (TPSA) is 84.5 Å². The highest BCUT2D eigenvalue weighted by Crippen LogP contribution is 2.33. The van der Waals surface area contributed by atoms with Gasteiger partial charge in [-0.1, -0.05) is 66.8 Å². The molecule has 6 nitrogen and oxygen atoms in total. The Morgan fingerprint density at radius 2 is 1.59 bits per heavy atom. The van der Waals surface area contributed by atoms with Gasteiger partial charge in [0.1, 0.15) is 6.04 Å². The van der Waals surface area contributed by atoms with E-state index in [0.717, 1.165) is 0 Å². The molecule has 2 aromatic rings. The number of nitrogens with one attached hydrogen (secondary N) is 2. The highest BCUT2D eigenvalue weighted by atomic mass is 35.5. The summed E-state index contributed by atoms with van der Waals surface area (Å²) in [5, 5.41) is 5.72. The van der Waals surface area contributed by atoms with Gasteiger partial charge in [0, 0.05) is 10.6 Å². The molecule has 1 atom stereocenters. The van der Waals surface area contributed by atoms with Gasteiger partial charge in [-0.3, -0.25) is 9.59 Å². The molecule has 0 saturated heterocycles. The summed E-state index contributed by atoms with van der Waals surface area (Å²) < 4.78 is 5.06. The molecule has 0 aliphatic rings. The SMILES string of the molecule is CC(C)C(NC(=O)c1ccccc1)C(=O)OCC(=O)Nc1c(Cl)cc(Cl)cc1Cl. The van der Waals surface area contributed by atoms with Crippen LogP contribution in [0.15, 0.2) is 42.5 Å². The number of hydrogen-bond donors (Lipinski definition) is 2. The van der Waals surface area contributed by atoms with E-state index < -0.39 is 30.4 Å². The van der Waals surface area contributed by atoms with E-state index in [1.165, 1.54) is 12.1 Å². The van der Waals surface area contributed by atoms with Crippen LogP contribution in [0.3, 0.4) is 0 Å². The van der Waals surface area contributed by atoms with Crippen molar-refractivity contribution in [2.24, 2.45) is 5.92 Å². The summed E-state index contributed by atoms with van der Waals surface area (Å²) in [6.45, 7) is 2.94. The van der Waals surface area contributed by atoms with Crippen molar-refractivity contribution in [3.8, 4) is 0 Å². The number of hydrogen-bond acceptors (Lipinski definition) is 4. The van der Waals surface area contributed by atoms with E-state index in [1.807, 2.05) is 0 Å². The largest absolute Gasteiger partial charge is 0.454 e. The number of benzene rings is 2. The molecular formula is C20H19Cl3N2O4. The Morgan fingerprint density at radius 1 is 1.00 bits per heavy atom. The number of amides is 2. The zero-order valence-electron chi connectivity index (χ0n) is 15.7. The minimum Gasteiger partial charge on any atom is -0.454 e. The molecule has 0 spiro atoms. The van der Waals surface area contributed by atoms with Gasteiger partial charge in [0.15, 0.2) is 6.61 Å². The van der Waals surface area contributed by atoms with Crippen LogP contribution in [0.2, 0.25) is 15.1 Å². The second kappa shape index (κ2) is 10.5. The molecule has 1 unspecified atom stereocenters. The fourth-order valence-corrected chi connectivity index (χ4v) is 3.29. The van der Waals surface area contributed by atoms with Gasteiger partial charge in [-0.25, -0.2) is 4.79 Å². The van der Waals surface area contributed by atoms with E-state index >= 15 is 0 Å². The summed E-state index contributed by atoms with van der Waals surface area (Å²) in [5.41, 5.74) is 0.576. The monoisotopic (exact) mass is 456 g/mol. The van der Waals surface area contributed by atoms with E-state index in [-0.39, 0.29) is 21.7 Å². The lowest BCUT2D eigenvalue weighted by molar-refractivity contribution is -0.150. The summed E-state index contributed by atoms with van der Waals surface area (Å²) in [4.78, 5) is 36.8. The minimum atomic E-state index is -0.918. The van der Waals surface area contributed by atoms with Gasteiger partial charge < -0.3 is 15.4 Å². The first kappa shape index (κ1) is 23.0. The van der Waals surface area contributed by atoms with Crippen LogP contribution in [0, 0.1) is 5.92 Å².